The minimum Gasteiger partial charge on any atom is -0.412 e. The predicted octanol–water partition coefficient (Wildman–Crippen LogP) is -4.55. The number of hydrogen-bond acceptors (Lipinski definition) is 3. The van der Waals surface area contributed by atoms with E-state index in [0.29, 0.717) is 5.56 Å². The first-order valence-electron chi connectivity index (χ1n) is 2.75. The van der Waals surface area contributed by atoms with Gasteiger partial charge in [-0.1, -0.05) is 18.2 Å². The molecule has 0 saturated carbocycles. The highest BCUT2D eigenvalue weighted by Crippen LogP contribution is 1.98. The summed E-state index contributed by atoms with van der Waals surface area (Å²) in [6.07, 6.45) is 0. The van der Waals surface area contributed by atoms with Crippen molar-refractivity contribution in [2.75, 3.05) is 0 Å². The highest BCUT2D eigenvalue weighted by Gasteiger charge is 2.02. The van der Waals surface area contributed by atoms with Gasteiger partial charge in [-0.3, -0.25) is 4.89 Å². The SMILES string of the molecule is O.O.O.O.O.O.O=C(OO)c1ccccc1.[MgH2]. The summed E-state index contributed by atoms with van der Waals surface area (Å²) in [5, 5.41) is 7.94. The standard InChI is InChI=1S/C7H6O3.Mg.6H2O.2H/c8-7(10-9)6-4-2-1-3-5-6;;;;;;;;;/h1-5,9H;;6*1H2;;. The fourth-order valence-corrected chi connectivity index (χ4v) is 0.627. The maximum Gasteiger partial charge on any atom is 0.372 e. The van der Waals surface area contributed by atoms with Gasteiger partial charge in [0.2, 0.25) is 0 Å². The quantitative estimate of drug-likeness (QED) is 0.302. The van der Waals surface area contributed by atoms with E-state index < -0.39 is 5.97 Å². The molecule has 13 N–H and O–H groups in total. The van der Waals surface area contributed by atoms with Gasteiger partial charge in [0, 0.05) is 0 Å². The molecule has 0 fully saturated rings. The third kappa shape index (κ3) is 15.2. The van der Waals surface area contributed by atoms with Crippen LogP contribution in [0.5, 0.6) is 0 Å². The van der Waals surface area contributed by atoms with Crippen LogP contribution in [-0.4, -0.2) is 67.1 Å². The molecule has 0 atom stereocenters. The molecular weight excluding hydrogens is 252 g/mol. The highest BCUT2D eigenvalue weighted by atomic mass is 24.3. The average Bonchev–Trinajstić information content (AvgIpc) is 2.05. The van der Waals surface area contributed by atoms with Gasteiger partial charge in [0.1, 0.15) is 0 Å². The van der Waals surface area contributed by atoms with Crippen molar-refractivity contribution >= 4 is 29.0 Å². The van der Waals surface area contributed by atoms with Crippen molar-refractivity contribution in [3.05, 3.63) is 35.9 Å². The zero-order valence-corrected chi connectivity index (χ0v) is 8.15. The summed E-state index contributed by atoms with van der Waals surface area (Å²) in [7, 11) is 0. The number of carbonyl (C=O) groups is 1. The zero-order valence-electron chi connectivity index (χ0n) is 8.15. The molecule has 1 aromatic carbocycles. The molecule has 0 bridgehead atoms. The summed E-state index contributed by atoms with van der Waals surface area (Å²) in [5.41, 5.74) is 0.338. The van der Waals surface area contributed by atoms with Gasteiger partial charge in [0.05, 0.1) is 5.56 Å². The first kappa shape index (κ1) is 44.2. The van der Waals surface area contributed by atoms with E-state index in [1.165, 1.54) is 0 Å². The van der Waals surface area contributed by atoms with Crippen LogP contribution in [0.2, 0.25) is 0 Å². The van der Waals surface area contributed by atoms with Crippen LogP contribution in [0.25, 0.3) is 0 Å². The first-order valence-corrected chi connectivity index (χ1v) is 2.75. The van der Waals surface area contributed by atoms with Crippen LogP contribution in [0.15, 0.2) is 30.3 Å². The third-order valence-electron chi connectivity index (χ3n) is 1.09. The molecule has 17 heavy (non-hydrogen) atoms. The van der Waals surface area contributed by atoms with Gasteiger partial charge in [0.25, 0.3) is 0 Å². The normalized spacial score (nSPS) is 5.24. The van der Waals surface area contributed by atoms with Gasteiger partial charge in [-0.25, -0.2) is 4.79 Å². The highest BCUT2D eigenvalue weighted by molar-refractivity contribution is 5.88. The van der Waals surface area contributed by atoms with E-state index in [1.807, 2.05) is 0 Å². The van der Waals surface area contributed by atoms with Crippen LogP contribution in [0.4, 0.5) is 0 Å². The molecule has 0 saturated heterocycles. The Kier molecular flexibility index (Phi) is 63.6. The molecular formula is C7H20MgO9. The molecule has 0 aliphatic carbocycles. The number of rotatable bonds is 1. The van der Waals surface area contributed by atoms with E-state index in [1.54, 1.807) is 30.3 Å². The number of benzene rings is 1. The van der Waals surface area contributed by atoms with E-state index in [0.717, 1.165) is 0 Å². The molecule has 0 amide bonds. The average molecular weight is 273 g/mol. The summed E-state index contributed by atoms with van der Waals surface area (Å²) < 4.78 is 0. The predicted molar refractivity (Wildman–Crippen MR) is 64.7 cm³/mol. The van der Waals surface area contributed by atoms with Gasteiger partial charge in [-0.05, 0) is 12.1 Å². The Morgan fingerprint density at radius 1 is 0.882 bits per heavy atom. The van der Waals surface area contributed by atoms with E-state index in [9.17, 15) is 4.79 Å². The Labute approximate surface area is 113 Å². The second kappa shape index (κ2) is 24.4. The van der Waals surface area contributed by atoms with Gasteiger partial charge in [-0.2, -0.15) is 5.26 Å². The zero-order chi connectivity index (χ0) is 7.40. The minimum absolute atomic E-state index is 0. The fourth-order valence-electron chi connectivity index (χ4n) is 0.627. The van der Waals surface area contributed by atoms with Crippen LogP contribution in [0.1, 0.15) is 10.4 Å². The molecule has 1 aromatic rings. The summed E-state index contributed by atoms with van der Waals surface area (Å²) >= 11 is 0. The first-order chi connectivity index (χ1) is 4.84. The largest absolute Gasteiger partial charge is 0.412 e. The second-order valence-electron chi connectivity index (χ2n) is 1.74. The van der Waals surface area contributed by atoms with Crippen molar-refractivity contribution < 1.29 is 47.8 Å². The Bertz CT molecular complexity index is 230. The van der Waals surface area contributed by atoms with E-state index in [-0.39, 0.29) is 55.9 Å². The van der Waals surface area contributed by atoms with Crippen molar-refractivity contribution in [3.8, 4) is 0 Å². The summed E-state index contributed by atoms with van der Waals surface area (Å²) in [6, 6.07) is 8.25. The van der Waals surface area contributed by atoms with Crippen molar-refractivity contribution in [1.82, 2.24) is 0 Å². The smallest absolute Gasteiger partial charge is 0.372 e. The molecule has 0 unspecified atom stereocenters. The lowest BCUT2D eigenvalue weighted by Gasteiger charge is -1.92. The fraction of sp³-hybridized carbons (Fsp3) is 0. The summed E-state index contributed by atoms with van der Waals surface area (Å²) in [6.45, 7) is 0. The molecule has 10 heteroatoms. The summed E-state index contributed by atoms with van der Waals surface area (Å²) in [4.78, 5) is 14.0. The van der Waals surface area contributed by atoms with Crippen LogP contribution in [0, 0.1) is 0 Å². The minimum atomic E-state index is -0.736. The molecule has 0 aliphatic heterocycles. The summed E-state index contributed by atoms with van der Waals surface area (Å²) in [5.74, 6) is -0.736. The lowest BCUT2D eigenvalue weighted by atomic mass is 10.2. The Balaban J connectivity index is -0.0000000286. The van der Waals surface area contributed by atoms with Crippen LogP contribution in [-0.2, 0) is 4.89 Å². The molecule has 104 valence electrons. The van der Waals surface area contributed by atoms with Crippen LogP contribution >= 0.6 is 0 Å². The van der Waals surface area contributed by atoms with Gasteiger partial charge in [-0.15, -0.1) is 0 Å². The molecule has 0 radical (unpaired) electrons. The maximum atomic E-state index is 10.5. The van der Waals surface area contributed by atoms with Gasteiger partial charge in [0.15, 0.2) is 0 Å². The molecule has 0 aliphatic rings. The third-order valence-corrected chi connectivity index (χ3v) is 1.09. The van der Waals surface area contributed by atoms with Crippen LogP contribution in [0.3, 0.4) is 0 Å². The van der Waals surface area contributed by atoms with E-state index >= 15 is 0 Å². The van der Waals surface area contributed by atoms with Crippen molar-refractivity contribution in [2.45, 2.75) is 0 Å². The van der Waals surface area contributed by atoms with E-state index in [4.69, 9.17) is 5.26 Å². The topological polar surface area (TPSA) is 236 Å². The lowest BCUT2D eigenvalue weighted by Crippen LogP contribution is -2.00. The van der Waals surface area contributed by atoms with E-state index in [2.05, 4.69) is 4.89 Å². The molecule has 0 heterocycles. The monoisotopic (exact) mass is 272 g/mol. The van der Waals surface area contributed by atoms with Gasteiger partial charge < -0.3 is 32.9 Å². The number of carbonyl (C=O) groups excluding carboxylic acids is 1. The second-order valence-corrected chi connectivity index (χ2v) is 1.74. The molecule has 9 nitrogen and oxygen atoms in total. The molecule has 0 aromatic heterocycles. The lowest BCUT2D eigenvalue weighted by molar-refractivity contribution is -0.182. The maximum absolute atomic E-state index is 10.5. The van der Waals surface area contributed by atoms with Crippen LogP contribution < -0.4 is 0 Å². The molecule has 0 spiro atoms. The van der Waals surface area contributed by atoms with Crippen molar-refractivity contribution in [2.24, 2.45) is 0 Å². The van der Waals surface area contributed by atoms with Gasteiger partial charge >= 0.3 is 29.0 Å². The Morgan fingerprint density at radius 2 is 1.24 bits per heavy atom. The van der Waals surface area contributed by atoms with Crippen molar-refractivity contribution in [3.63, 3.8) is 0 Å². The Morgan fingerprint density at radius 3 is 1.53 bits per heavy atom. The Hall–Kier alpha value is -0.824. The number of hydrogen-bond donors (Lipinski definition) is 1. The molecule has 1 rings (SSSR count). The van der Waals surface area contributed by atoms with Crippen molar-refractivity contribution in [1.29, 1.82) is 0 Å².